The number of nitrogens with one attached hydrogen (secondary N) is 1. The van der Waals surface area contributed by atoms with Crippen LogP contribution in [0.4, 0.5) is 5.69 Å². The molecule has 1 heterocycles. The normalized spacial score (nSPS) is 14.5. The Labute approximate surface area is 204 Å². The van der Waals surface area contributed by atoms with Gasteiger partial charge in [0.2, 0.25) is 0 Å². The number of nitrogens with zero attached hydrogens (tertiary/aromatic N) is 1. The van der Waals surface area contributed by atoms with E-state index < -0.39 is 11.8 Å². The molecule has 0 radical (unpaired) electrons. The van der Waals surface area contributed by atoms with Crippen molar-refractivity contribution in [1.82, 2.24) is 5.43 Å². The van der Waals surface area contributed by atoms with E-state index >= 15 is 0 Å². The molecule has 1 aliphatic rings. The molecular weight excluding hydrogens is 508 g/mol. The van der Waals surface area contributed by atoms with Crippen molar-refractivity contribution in [1.29, 1.82) is 0 Å². The van der Waals surface area contributed by atoms with Crippen molar-refractivity contribution in [2.75, 3.05) is 18.2 Å². The Morgan fingerprint density at radius 1 is 0.939 bits per heavy atom. The summed E-state index contributed by atoms with van der Waals surface area (Å²) < 4.78 is 12.4. The van der Waals surface area contributed by atoms with Crippen molar-refractivity contribution in [2.24, 2.45) is 0 Å². The van der Waals surface area contributed by atoms with E-state index in [-0.39, 0.29) is 5.57 Å². The second-order valence-corrected chi connectivity index (χ2v) is 8.51. The van der Waals surface area contributed by atoms with E-state index in [1.807, 2.05) is 24.3 Å². The summed E-state index contributed by atoms with van der Waals surface area (Å²) in [6.45, 7) is 0.878. The molecule has 6 nitrogen and oxygen atoms in total. The predicted molar refractivity (Wildman–Crippen MR) is 131 cm³/mol. The molecule has 8 heteroatoms. The summed E-state index contributed by atoms with van der Waals surface area (Å²) in [7, 11) is 0. The Morgan fingerprint density at radius 2 is 1.67 bits per heavy atom. The number of hydrogen-bond acceptors (Lipinski definition) is 4. The van der Waals surface area contributed by atoms with Crippen LogP contribution in [0, 0.1) is 0 Å². The summed E-state index contributed by atoms with van der Waals surface area (Å²) in [5.74, 6) is 0.415. The van der Waals surface area contributed by atoms with Gasteiger partial charge in [0, 0.05) is 21.5 Å². The molecular formula is C25H20BrClN2O4. The van der Waals surface area contributed by atoms with E-state index in [1.165, 1.54) is 5.01 Å². The van der Waals surface area contributed by atoms with Gasteiger partial charge in [0.15, 0.2) is 0 Å². The highest BCUT2D eigenvalue weighted by Crippen LogP contribution is 2.28. The number of ether oxygens (including phenoxy) is 2. The molecule has 3 aromatic rings. The molecule has 0 spiro atoms. The molecule has 0 aromatic heterocycles. The lowest BCUT2D eigenvalue weighted by molar-refractivity contribution is -0.117. The van der Waals surface area contributed by atoms with Crippen LogP contribution < -0.4 is 19.9 Å². The Bertz CT molecular complexity index is 1180. The Balaban J connectivity index is 1.42. The number of halogens is 2. The van der Waals surface area contributed by atoms with Gasteiger partial charge >= 0.3 is 0 Å². The van der Waals surface area contributed by atoms with Crippen molar-refractivity contribution in [3.05, 3.63) is 93.4 Å². The first-order valence-electron chi connectivity index (χ1n) is 10.2. The summed E-state index contributed by atoms with van der Waals surface area (Å²) in [6.07, 6.45) is 2.20. The Hall–Kier alpha value is -3.29. The summed E-state index contributed by atoms with van der Waals surface area (Å²) >= 11 is 9.31. The van der Waals surface area contributed by atoms with E-state index in [1.54, 1.807) is 54.6 Å². The third-order valence-electron chi connectivity index (χ3n) is 4.81. The molecule has 1 N–H and O–H groups in total. The van der Waals surface area contributed by atoms with Crippen LogP contribution in [0.1, 0.15) is 12.0 Å². The van der Waals surface area contributed by atoms with Crippen molar-refractivity contribution < 1.29 is 19.1 Å². The van der Waals surface area contributed by atoms with E-state index in [2.05, 4.69) is 21.4 Å². The summed E-state index contributed by atoms with van der Waals surface area (Å²) in [4.78, 5) is 25.4. The lowest BCUT2D eigenvalue weighted by Crippen LogP contribution is -2.35. The maximum Gasteiger partial charge on any atom is 0.282 e. The third kappa shape index (κ3) is 5.74. The molecule has 1 fully saturated rings. The van der Waals surface area contributed by atoms with Gasteiger partial charge in [0.25, 0.3) is 11.8 Å². The highest BCUT2D eigenvalue weighted by Gasteiger charge is 2.34. The van der Waals surface area contributed by atoms with Crippen LogP contribution in [0.5, 0.6) is 11.5 Å². The van der Waals surface area contributed by atoms with Gasteiger partial charge in [-0.15, -0.1) is 0 Å². The number of hydrazine groups is 1. The number of amides is 2. The van der Waals surface area contributed by atoms with Gasteiger partial charge < -0.3 is 9.47 Å². The van der Waals surface area contributed by atoms with Gasteiger partial charge in [0.05, 0.1) is 18.9 Å². The second-order valence-electron chi connectivity index (χ2n) is 7.16. The zero-order valence-corrected chi connectivity index (χ0v) is 19.8. The molecule has 0 bridgehead atoms. The topological polar surface area (TPSA) is 67.9 Å². The average Bonchev–Trinajstić information content (AvgIpc) is 3.10. The SMILES string of the molecule is O=C1NN(c2ccccc2)C(=O)/C1=C\c1cc(Br)ccc1OCCCOc1ccc(Cl)cc1. The number of benzene rings is 3. The quantitative estimate of drug-likeness (QED) is 0.242. The van der Waals surface area contributed by atoms with Gasteiger partial charge in [-0.05, 0) is 60.7 Å². The lowest BCUT2D eigenvalue weighted by atomic mass is 10.1. The van der Waals surface area contributed by atoms with Crippen molar-refractivity contribution in [3.8, 4) is 11.5 Å². The first kappa shape index (κ1) is 22.9. The molecule has 0 aliphatic carbocycles. The first-order chi connectivity index (χ1) is 16.0. The van der Waals surface area contributed by atoms with E-state index in [4.69, 9.17) is 21.1 Å². The molecule has 1 saturated heterocycles. The molecule has 4 rings (SSSR count). The van der Waals surface area contributed by atoms with Gasteiger partial charge in [-0.2, -0.15) is 0 Å². The van der Waals surface area contributed by atoms with Crippen LogP contribution in [0.3, 0.4) is 0 Å². The smallest absolute Gasteiger partial charge is 0.282 e. The third-order valence-corrected chi connectivity index (χ3v) is 5.55. The summed E-state index contributed by atoms with van der Waals surface area (Å²) in [5.41, 5.74) is 3.85. The maximum absolute atomic E-state index is 12.9. The molecule has 0 unspecified atom stereocenters. The van der Waals surface area contributed by atoms with Gasteiger partial charge in [-0.1, -0.05) is 45.7 Å². The fourth-order valence-corrected chi connectivity index (χ4v) is 3.70. The van der Waals surface area contributed by atoms with Crippen LogP contribution in [0.25, 0.3) is 6.08 Å². The molecule has 0 saturated carbocycles. The van der Waals surface area contributed by atoms with Gasteiger partial charge in [-0.3, -0.25) is 15.0 Å². The molecule has 33 heavy (non-hydrogen) atoms. The van der Waals surface area contributed by atoms with E-state index in [0.717, 1.165) is 10.2 Å². The monoisotopic (exact) mass is 526 g/mol. The van der Waals surface area contributed by atoms with E-state index in [0.29, 0.717) is 41.7 Å². The van der Waals surface area contributed by atoms with Crippen LogP contribution in [0.15, 0.2) is 82.8 Å². The highest BCUT2D eigenvalue weighted by molar-refractivity contribution is 9.10. The minimum atomic E-state index is -0.467. The molecule has 168 valence electrons. The van der Waals surface area contributed by atoms with Gasteiger partial charge in [-0.25, -0.2) is 5.01 Å². The Kier molecular flexibility index (Phi) is 7.32. The molecule has 2 amide bonds. The molecule has 3 aromatic carbocycles. The zero-order chi connectivity index (χ0) is 23.2. The number of anilines is 1. The number of carbonyl (C=O) groups excluding carboxylic acids is 2. The standard InChI is InChI=1S/C25H20BrClN2O4/c26-18-7-12-23(33-14-4-13-32-21-10-8-19(27)9-11-21)17(15-18)16-22-24(30)28-29(25(22)31)20-5-2-1-3-6-20/h1-3,5-12,15-16H,4,13-14H2,(H,28,30)/b22-16-. The number of rotatable bonds is 8. The first-order valence-corrected chi connectivity index (χ1v) is 11.4. The number of carbonyl (C=O) groups is 2. The molecule has 0 atom stereocenters. The highest BCUT2D eigenvalue weighted by atomic mass is 79.9. The maximum atomic E-state index is 12.9. The zero-order valence-electron chi connectivity index (χ0n) is 17.5. The van der Waals surface area contributed by atoms with Crippen LogP contribution >= 0.6 is 27.5 Å². The second kappa shape index (κ2) is 10.6. The van der Waals surface area contributed by atoms with Crippen LogP contribution in [-0.2, 0) is 9.59 Å². The van der Waals surface area contributed by atoms with Crippen molar-refractivity contribution >= 4 is 51.1 Å². The van der Waals surface area contributed by atoms with Crippen molar-refractivity contribution in [3.63, 3.8) is 0 Å². The van der Waals surface area contributed by atoms with Crippen molar-refractivity contribution in [2.45, 2.75) is 6.42 Å². The van der Waals surface area contributed by atoms with Crippen LogP contribution in [-0.4, -0.2) is 25.0 Å². The largest absolute Gasteiger partial charge is 0.493 e. The fraction of sp³-hybridized carbons (Fsp3) is 0.120. The van der Waals surface area contributed by atoms with Gasteiger partial charge in [0.1, 0.15) is 17.1 Å². The van der Waals surface area contributed by atoms with Crippen LogP contribution in [0.2, 0.25) is 5.02 Å². The summed E-state index contributed by atoms with van der Waals surface area (Å²) in [5, 5.41) is 1.89. The van der Waals surface area contributed by atoms with E-state index in [9.17, 15) is 9.59 Å². The lowest BCUT2D eigenvalue weighted by Gasteiger charge is -2.14. The number of para-hydroxylation sites is 1. The number of hydrogen-bond donors (Lipinski definition) is 1. The minimum Gasteiger partial charge on any atom is -0.493 e. The Morgan fingerprint density at radius 3 is 2.42 bits per heavy atom. The summed E-state index contributed by atoms with van der Waals surface area (Å²) in [6, 6.07) is 21.5. The average molecular weight is 528 g/mol. The minimum absolute atomic E-state index is 0.0351. The molecule has 1 aliphatic heterocycles. The fourth-order valence-electron chi connectivity index (χ4n) is 3.20. The predicted octanol–water partition coefficient (Wildman–Crippen LogP) is 5.41.